The van der Waals surface area contributed by atoms with E-state index in [1.807, 2.05) is 111 Å². The maximum absolute atomic E-state index is 13.6. The first-order valence-corrected chi connectivity index (χ1v) is 21.4. The highest BCUT2D eigenvalue weighted by Crippen LogP contribution is 2.30. The molecule has 1 amide bonds. The van der Waals surface area contributed by atoms with Crippen LogP contribution in [-0.2, 0) is 57.6 Å². The Morgan fingerprint density at radius 1 is 0.800 bits per heavy atom. The van der Waals surface area contributed by atoms with Crippen LogP contribution >= 0.6 is 0 Å². The molecule has 1 N–H and O–H groups in total. The maximum atomic E-state index is 13.6. The summed E-state index contributed by atoms with van der Waals surface area (Å²) in [6.07, 6.45) is -2.32. The van der Waals surface area contributed by atoms with Gasteiger partial charge in [0.05, 0.1) is 32.7 Å². The first-order valence-electron chi connectivity index (χ1n) is 16.1. The van der Waals surface area contributed by atoms with E-state index in [2.05, 4.69) is 10.3 Å². The Bertz CT molecular complexity index is 1810. The minimum Gasteiger partial charge on any atom is -0.395 e. The molecule has 0 bridgehead atoms. The van der Waals surface area contributed by atoms with Gasteiger partial charge in [-0.2, -0.15) is 13.4 Å². The second kappa shape index (κ2) is 18.3. The number of anilines is 1. The summed E-state index contributed by atoms with van der Waals surface area (Å²) in [5.41, 5.74) is 1.78. The Balaban J connectivity index is 1.84. The molecule has 0 unspecified atom stereocenters. The number of rotatable bonds is 19. The molecule has 0 aliphatic carbocycles. The van der Waals surface area contributed by atoms with Gasteiger partial charge in [-0.25, -0.2) is 4.79 Å². The highest BCUT2D eigenvalue weighted by Gasteiger charge is 2.43. The van der Waals surface area contributed by atoms with Crippen molar-refractivity contribution in [3.63, 3.8) is 0 Å². The summed E-state index contributed by atoms with van der Waals surface area (Å²) in [5, 5.41) is 2.52. The third-order valence-electron chi connectivity index (χ3n) is 7.12. The zero-order valence-electron chi connectivity index (χ0n) is 28.9. The summed E-state index contributed by atoms with van der Waals surface area (Å²) in [6.45, 7) is 7.24. The van der Waals surface area contributed by atoms with Gasteiger partial charge >= 0.3 is 5.69 Å². The molecule has 0 aliphatic rings. The third-order valence-corrected chi connectivity index (χ3v) is 8.66. The summed E-state index contributed by atoms with van der Waals surface area (Å²) < 4.78 is 58.5. The lowest BCUT2D eigenvalue weighted by Gasteiger charge is -2.39. The normalized spacial score (nSPS) is 14.4. The van der Waals surface area contributed by atoms with Crippen molar-refractivity contribution in [3.05, 3.63) is 130 Å². The van der Waals surface area contributed by atoms with E-state index in [0.717, 1.165) is 22.9 Å². The fourth-order valence-corrected chi connectivity index (χ4v) is 6.64. The van der Waals surface area contributed by atoms with E-state index in [9.17, 15) is 18.0 Å². The molecule has 4 atom stereocenters. The van der Waals surface area contributed by atoms with Gasteiger partial charge in [-0.1, -0.05) is 91.0 Å². The molecular weight excluding hydrogens is 679 g/mol. The lowest BCUT2D eigenvalue weighted by molar-refractivity contribution is -0.181. The van der Waals surface area contributed by atoms with E-state index in [4.69, 9.17) is 22.8 Å². The molecule has 0 aliphatic heterocycles. The lowest BCUT2D eigenvalue weighted by atomic mass is 10.1. The molecule has 0 fully saturated rings. The van der Waals surface area contributed by atoms with Crippen LogP contribution < -0.4 is 11.0 Å². The summed E-state index contributed by atoms with van der Waals surface area (Å²) >= 11 is 0. The largest absolute Gasteiger partial charge is 0.395 e. The summed E-state index contributed by atoms with van der Waals surface area (Å²) in [6, 6.07) is 29.7. The molecule has 1 heterocycles. The van der Waals surface area contributed by atoms with Crippen LogP contribution in [0.1, 0.15) is 29.8 Å². The van der Waals surface area contributed by atoms with Crippen LogP contribution in [-0.4, -0.2) is 63.4 Å². The molecule has 12 nitrogen and oxygen atoms in total. The van der Waals surface area contributed by atoms with Crippen molar-refractivity contribution >= 4 is 30.2 Å². The number of amides is 1. The molecule has 0 saturated carbocycles. The predicted molar refractivity (Wildman–Crippen MR) is 192 cm³/mol. The van der Waals surface area contributed by atoms with Gasteiger partial charge < -0.3 is 24.0 Å². The average molecular weight is 724 g/mol. The van der Waals surface area contributed by atoms with Gasteiger partial charge in [0.25, 0.3) is 10.1 Å². The molecule has 1 aromatic heterocycles. The number of benzene rings is 3. The Labute approximate surface area is 294 Å². The molecule has 4 rings (SSSR count). The van der Waals surface area contributed by atoms with Gasteiger partial charge in [0.1, 0.15) is 24.1 Å². The molecule has 0 radical (unpaired) electrons. The number of ether oxygens (including phenoxy) is 3. The molecule has 0 saturated heterocycles. The molecule has 268 valence electrons. The smallest absolute Gasteiger partial charge is 0.351 e. The average Bonchev–Trinajstić information content (AvgIpc) is 3.05. The van der Waals surface area contributed by atoms with Gasteiger partial charge in [-0.05, 0) is 42.4 Å². The standard InChI is InChI=1S/C36H45N3O9SSi/c1-27(40)37-32-21-22-39(36(41)38-32)35(48-50(3,4)5)34(46-25-30-19-13-8-14-20-30)33(45-24-29-17-11-7-12-18-29)31(47-49(2,42)43)26-44-23-28-15-9-6-10-16-28/h6-22,31,33-35H,23-26H2,1-5H3,(H,37,38,40,41)/t31-,33+,34-,35+/m1/s1. The van der Waals surface area contributed by atoms with Crippen molar-refractivity contribution in [2.45, 2.75) is 70.9 Å². The van der Waals surface area contributed by atoms with Crippen LogP contribution in [0.15, 0.2) is 108 Å². The monoisotopic (exact) mass is 723 g/mol. The number of hydrogen-bond acceptors (Lipinski definition) is 10. The highest BCUT2D eigenvalue weighted by molar-refractivity contribution is 7.86. The Kier molecular flexibility index (Phi) is 14.2. The van der Waals surface area contributed by atoms with Crippen LogP contribution in [0, 0.1) is 0 Å². The minimum absolute atomic E-state index is 0.0489. The first kappa shape index (κ1) is 38.8. The van der Waals surface area contributed by atoms with E-state index < -0.39 is 48.7 Å². The lowest BCUT2D eigenvalue weighted by Crippen LogP contribution is -2.53. The van der Waals surface area contributed by atoms with Crippen molar-refractivity contribution in [3.8, 4) is 0 Å². The molecule has 4 aromatic rings. The van der Waals surface area contributed by atoms with Crippen LogP contribution in [0.2, 0.25) is 19.6 Å². The third kappa shape index (κ3) is 13.0. The van der Waals surface area contributed by atoms with E-state index in [0.29, 0.717) is 0 Å². The van der Waals surface area contributed by atoms with Gasteiger partial charge in [0.2, 0.25) is 5.91 Å². The van der Waals surface area contributed by atoms with Gasteiger partial charge in [-0.15, -0.1) is 0 Å². The summed E-state index contributed by atoms with van der Waals surface area (Å²) in [7, 11) is -6.57. The number of carbonyl (C=O) groups is 1. The number of aromatic nitrogens is 2. The molecule has 0 spiro atoms. The molecule has 3 aromatic carbocycles. The van der Waals surface area contributed by atoms with Gasteiger partial charge in [0.15, 0.2) is 14.5 Å². The quantitative estimate of drug-likeness (QED) is 0.100. The van der Waals surface area contributed by atoms with Crippen LogP contribution in [0.3, 0.4) is 0 Å². The van der Waals surface area contributed by atoms with Crippen molar-refractivity contribution in [2.24, 2.45) is 0 Å². The second-order valence-electron chi connectivity index (χ2n) is 12.7. The van der Waals surface area contributed by atoms with Crippen molar-refractivity contribution in [1.82, 2.24) is 9.55 Å². The number of carbonyl (C=O) groups excluding carboxylic acids is 1. The first-order chi connectivity index (χ1) is 23.8. The number of nitrogens with one attached hydrogen (secondary N) is 1. The topological polar surface area (TPSA) is 144 Å². The fraction of sp³-hybridized carbons (Fsp3) is 0.361. The maximum Gasteiger partial charge on any atom is 0.351 e. The van der Waals surface area contributed by atoms with Gasteiger partial charge in [0, 0.05) is 13.1 Å². The van der Waals surface area contributed by atoms with E-state index in [1.165, 1.54) is 23.8 Å². The zero-order chi connectivity index (χ0) is 36.1. The van der Waals surface area contributed by atoms with Crippen LogP contribution in [0.5, 0.6) is 0 Å². The van der Waals surface area contributed by atoms with Crippen LogP contribution in [0.25, 0.3) is 0 Å². The number of hydrogen-bond donors (Lipinski definition) is 1. The van der Waals surface area contributed by atoms with E-state index in [-0.39, 0.29) is 38.2 Å². The minimum atomic E-state index is -4.07. The highest BCUT2D eigenvalue weighted by atomic mass is 32.2. The molecular formula is C36H45N3O9SSi. The predicted octanol–water partition coefficient (Wildman–Crippen LogP) is 5.28. The Morgan fingerprint density at radius 2 is 1.30 bits per heavy atom. The number of nitrogens with zero attached hydrogens (tertiary/aromatic N) is 2. The van der Waals surface area contributed by atoms with Crippen molar-refractivity contribution < 1.29 is 36.0 Å². The Hall–Kier alpha value is -4.02. The Morgan fingerprint density at radius 3 is 1.76 bits per heavy atom. The summed E-state index contributed by atoms with van der Waals surface area (Å²) in [5.74, 6) is -0.323. The van der Waals surface area contributed by atoms with Crippen molar-refractivity contribution in [2.75, 3.05) is 18.2 Å². The van der Waals surface area contributed by atoms with E-state index >= 15 is 0 Å². The SMILES string of the molecule is CC(=O)Nc1ccn([C@@H](O[Si](C)(C)C)[C@H](OCc2ccccc2)[C@@H](OCc2ccccc2)[C@@H](COCc2ccccc2)OS(C)(=O)=O)c(=O)n1. The molecule has 50 heavy (non-hydrogen) atoms. The second-order valence-corrected chi connectivity index (χ2v) is 18.7. The van der Waals surface area contributed by atoms with Crippen molar-refractivity contribution in [1.29, 1.82) is 0 Å². The zero-order valence-corrected chi connectivity index (χ0v) is 30.7. The summed E-state index contributed by atoms with van der Waals surface area (Å²) in [4.78, 5) is 29.4. The van der Waals surface area contributed by atoms with Gasteiger partial charge in [-0.3, -0.25) is 13.5 Å². The van der Waals surface area contributed by atoms with Crippen LogP contribution in [0.4, 0.5) is 5.82 Å². The molecule has 14 heteroatoms. The fourth-order valence-electron chi connectivity index (χ4n) is 5.06. The van der Waals surface area contributed by atoms with E-state index in [1.54, 1.807) is 0 Å².